The summed E-state index contributed by atoms with van der Waals surface area (Å²) in [6.07, 6.45) is 4.31. The van der Waals surface area contributed by atoms with Crippen LogP contribution >= 0.6 is 23.8 Å². The minimum Gasteiger partial charge on any atom is -0.472 e. The third-order valence-electron chi connectivity index (χ3n) is 5.08. The van der Waals surface area contributed by atoms with Gasteiger partial charge in [-0.1, -0.05) is 11.6 Å². The van der Waals surface area contributed by atoms with Crippen molar-refractivity contribution in [2.75, 3.05) is 13.1 Å². The van der Waals surface area contributed by atoms with E-state index in [4.69, 9.17) is 28.2 Å². The minimum absolute atomic E-state index is 0.00551. The van der Waals surface area contributed by atoms with Crippen LogP contribution in [0, 0.1) is 4.77 Å². The van der Waals surface area contributed by atoms with E-state index in [1.807, 2.05) is 12.1 Å². The van der Waals surface area contributed by atoms with Gasteiger partial charge >= 0.3 is 0 Å². The van der Waals surface area contributed by atoms with E-state index in [0.717, 1.165) is 5.56 Å². The van der Waals surface area contributed by atoms with Gasteiger partial charge in [-0.3, -0.25) is 19.3 Å². The summed E-state index contributed by atoms with van der Waals surface area (Å²) in [5, 5.41) is 10.6. The number of hydrogen-bond donors (Lipinski definition) is 2. The molecule has 2 amide bonds. The van der Waals surface area contributed by atoms with Gasteiger partial charge in [0.05, 0.1) is 11.8 Å². The molecule has 1 aromatic carbocycles. The number of piperidine rings is 1. The lowest BCUT2D eigenvalue weighted by atomic mass is 10.0. The van der Waals surface area contributed by atoms with Crippen LogP contribution in [0.25, 0.3) is 11.4 Å². The number of nitrogens with zero attached hydrogens (tertiary/aromatic N) is 3. The molecule has 1 fully saturated rings. The summed E-state index contributed by atoms with van der Waals surface area (Å²) in [5.41, 5.74) is 1.35. The quantitative estimate of drug-likeness (QED) is 0.587. The number of H-pyrrole nitrogens is 1. The summed E-state index contributed by atoms with van der Waals surface area (Å²) in [7, 11) is 0. The predicted molar refractivity (Wildman–Crippen MR) is 114 cm³/mol. The molecule has 3 heterocycles. The van der Waals surface area contributed by atoms with Crippen molar-refractivity contribution in [3.8, 4) is 11.4 Å². The number of aromatic amines is 1. The molecule has 156 valence electrons. The summed E-state index contributed by atoms with van der Waals surface area (Å²) in [4.78, 5) is 26.8. The van der Waals surface area contributed by atoms with Crippen molar-refractivity contribution in [2.45, 2.75) is 25.4 Å². The summed E-state index contributed by atoms with van der Waals surface area (Å²) >= 11 is 11.2. The van der Waals surface area contributed by atoms with Crippen molar-refractivity contribution in [2.24, 2.45) is 0 Å². The van der Waals surface area contributed by atoms with E-state index < -0.39 is 0 Å². The van der Waals surface area contributed by atoms with E-state index in [1.54, 1.807) is 27.7 Å². The number of amides is 2. The summed E-state index contributed by atoms with van der Waals surface area (Å²) < 4.78 is 7.01. The molecule has 0 radical (unpaired) electrons. The van der Waals surface area contributed by atoms with Crippen LogP contribution in [-0.4, -0.2) is 50.6 Å². The largest absolute Gasteiger partial charge is 0.472 e. The molecule has 8 nitrogen and oxygen atoms in total. The zero-order chi connectivity index (χ0) is 21.1. The van der Waals surface area contributed by atoms with Gasteiger partial charge in [0.2, 0.25) is 5.91 Å². The molecule has 0 unspecified atom stereocenters. The van der Waals surface area contributed by atoms with Crippen LogP contribution in [0.4, 0.5) is 0 Å². The second-order valence-electron chi connectivity index (χ2n) is 7.09. The normalized spacial score (nSPS) is 14.6. The van der Waals surface area contributed by atoms with Crippen molar-refractivity contribution in [1.82, 2.24) is 25.0 Å². The number of carbonyl (C=O) groups is 2. The molecule has 0 atom stereocenters. The molecule has 1 aliphatic rings. The molecular formula is C20H20ClN5O3S. The first-order chi connectivity index (χ1) is 14.5. The summed E-state index contributed by atoms with van der Waals surface area (Å²) in [6, 6.07) is 8.84. The summed E-state index contributed by atoms with van der Waals surface area (Å²) in [6.45, 7) is 1.22. The molecule has 2 N–H and O–H groups in total. The topological polar surface area (TPSA) is 96.2 Å². The lowest BCUT2D eigenvalue weighted by Crippen LogP contribution is -2.47. The maximum Gasteiger partial charge on any atom is 0.257 e. The first-order valence-electron chi connectivity index (χ1n) is 9.53. The minimum atomic E-state index is -0.151. The molecule has 0 aliphatic carbocycles. The molecule has 3 aromatic rings. The monoisotopic (exact) mass is 445 g/mol. The van der Waals surface area contributed by atoms with Crippen LogP contribution in [0.2, 0.25) is 5.02 Å². The van der Waals surface area contributed by atoms with Gasteiger partial charge in [0, 0.05) is 29.7 Å². The number of benzene rings is 1. The van der Waals surface area contributed by atoms with E-state index >= 15 is 0 Å². The Kier molecular flexibility index (Phi) is 6.01. The number of furan rings is 1. The van der Waals surface area contributed by atoms with Crippen molar-refractivity contribution in [3.63, 3.8) is 0 Å². The van der Waals surface area contributed by atoms with E-state index in [1.165, 1.54) is 12.5 Å². The van der Waals surface area contributed by atoms with Crippen molar-refractivity contribution in [3.05, 3.63) is 58.2 Å². The van der Waals surface area contributed by atoms with Crippen LogP contribution in [0.3, 0.4) is 0 Å². The van der Waals surface area contributed by atoms with Crippen LogP contribution in [0.15, 0.2) is 47.3 Å². The standard InChI is InChI=1S/C20H20ClN5O3S/c21-15-3-1-13(2-4-15)18-23-24-20(30)26(18)11-17(27)22-16-5-8-25(9-6-16)19(28)14-7-10-29-12-14/h1-4,7,10,12,16H,5-6,8-9,11H2,(H,22,27)(H,24,30). The van der Waals surface area contributed by atoms with E-state index in [2.05, 4.69) is 15.5 Å². The number of hydrogen-bond acceptors (Lipinski definition) is 5. The van der Waals surface area contributed by atoms with Crippen LogP contribution < -0.4 is 5.32 Å². The van der Waals surface area contributed by atoms with Gasteiger partial charge in [0.15, 0.2) is 10.6 Å². The highest BCUT2D eigenvalue weighted by molar-refractivity contribution is 7.71. The molecule has 0 spiro atoms. The third kappa shape index (κ3) is 4.47. The van der Waals surface area contributed by atoms with Crippen molar-refractivity contribution in [1.29, 1.82) is 0 Å². The Hall–Kier alpha value is -2.91. The van der Waals surface area contributed by atoms with Gasteiger partial charge in [-0.2, -0.15) is 5.10 Å². The molecule has 0 bridgehead atoms. The highest BCUT2D eigenvalue weighted by Crippen LogP contribution is 2.20. The maximum atomic E-state index is 12.6. The number of halogens is 1. The molecule has 0 saturated carbocycles. The van der Waals surface area contributed by atoms with Gasteiger partial charge in [-0.25, -0.2) is 0 Å². The fourth-order valence-corrected chi connectivity index (χ4v) is 3.82. The number of rotatable bonds is 5. The Labute approximate surface area is 182 Å². The van der Waals surface area contributed by atoms with Crippen molar-refractivity contribution < 1.29 is 14.0 Å². The number of likely N-dealkylation sites (tertiary alicyclic amines) is 1. The van der Waals surface area contributed by atoms with Crippen LogP contribution in [0.1, 0.15) is 23.2 Å². The van der Waals surface area contributed by atoms with E-state index in [-0.39, 0.29) is 24.4 Å². The molecule has 1 saturated heterocycles. The number of aromatic nitrogens is 3. The zero-order valence-electron chi connectivity index (χ0n) is 16.0. The Morgan fingerprint density at radius 1 is 1.23 bits per heavy atom. The fourth-order valence-electron chi connectivity index (χ4n) is 3.50. The molecule has 30 heavy (non-hydrogen) atoms. The SMILES string of the molecule is O=C(Cn1c(-c2ccc(Cl)cc2)n[nH]c1=S)NC1CCN(C(=O)c2ccoc2)CC1. The van der Waals surface area contributed by atoms with Gasteiger partial charge < -0.3 is 14.6 Å². The fraction of sp³-hybridized carbons (Fsp3) is 0.300. The molecular weight excluding hydrogens is 426 g/mol. The smallest absolute Gasteiger partial charge is 0.257 e. The molecule has 1 aliphatic heterocycles. The second-order valence-corrected chi connectivity index (χ2v) is 7.91. The zero-order valence-corrected chi connectivity index (χ0v) is 17.6. The van der Waals surface area contributed by atoms with Gasteiger partial charge in [-0.15, -0.1) is 0 Å². The van der Waals surface area contributed by atoms with Gasteiger partial charge in [0.25, 0.3) is 5.91 Å². The first kappa shape index (κ1) is 20.4. The summed E-state index contributed by atoms with van der Waals surface area (Å²) in [5.74, 6) is 0.375. The molecule has 4 rings (SSSR count). The number of carbonyl (C=O) groups excluding carboxylic acids is 2. The average molecular weight is 446 g/mol. The average Bonchev–Trinajstić information content (AvgIpc) is 3.40. The van der Waals surface area contributed by atoms with Gasteiger partial charge in [-0.05, 0) is 55.4 Å². The Morgan fingerprint density at radius 2 is 1.97 bits per heavy atom. The highest BCUT2D eigenvalue weighted by Gasteiger charge is 2.25. The predicted octanol–water partition coefficient (Wildman–Crippen LogP) is 3.28. The highest BCUT2D eigenvalue weighted by atomic mass is 35.5. The van der Waals surface area contributed by atoms with Crippen LogP contribution in [0.5, 0.6) is 0 Å². The number of nitrogens with one attached hydrogen (secondary N) is 2. The van der Waals surface area contributed by atoms with Gasteiger partial charge in [0.1, 0.15) is 12.8 Å². The van der Waals surface area contributed by atoms with E-state index in [9.17, 15) is 9.59 Å². The molecule has 2 aromatic heterocycles. The second kappa shape index (κ2) is 8.85. The maximum absolute atomic E-state index is 12.6. The lowest BCUT2D eigenvalue weighted by Gasteiger charge is -2.32. The Morgan fingerprint density at radius 3 is 2.63 bits per heavy atom. The van der Waals surface area contributed by atoms with Crippen LogP contribution in [-0.2, 0) is 11.3 Å². The third-order valence-corrected chi connectivity index (χ3v) is 5.64. The lowest BCUT2D eigenvalue weighted by molar-refractivity contribution is -0.122. The van der Waals surface area contributed by atoms with Crippen molar-refractivity contribution >= 4 is 35.6 Å². The van der Waals surface area contributed by atoms with E-state index in [0.29, 0.717) is 47.1 Å². The Balaban J connectivity index is 1.35. The first-order valence-corrected chi connectivity index (χ1v) is 10.3. The Bertz CT molecular complexity index is 1080. The molecule has 10 heteroatoms.